The van der Waals surface area contributed by atoms with Crippen LogP contribution in [0.1, 0.15) is 46.8 Å². The average Bonchev–Trinajstić information content (AvgIpc) is 3.38. The zero-order valence-corrected chi connectivity index (χ0v) is 23.5. The van der Waals surface area contributed by atoms with Crippen molar-refractivity contribution < 1.29 is 23.2 Å². The third-order valence-electron chi connectivity index (χ3n) is 7.90. The molecule has 2 heterocycles. The number of hydrogen-bond donors (Lipinski definition) is 1. The normalized spacial score (nSPS) is 18.6. The van der Waals surface area contributed by atoms with E-state index < -0.39 is 11.8 Å². The van der Waals surface area contributed by atoms with Crippen LogP contribution in [0, 0.1) is 12.8 Å². The van der Waals surface area contributed by atoms with Gasteiger partial charge in [-0.05, 0) is 43.5 Å². The first kappa shape index (κ1) is 29.8. The number of rotatable bonds is 11. The minimum absolute atomic E-state index is 0.0522. The van der Waals surface area contributed by atoms with E-state index in [1.54, 1.807) is 0 Å². The number of halogens is 2. The Kier molecular flexibility index (Phi) is 10.0. The fraction of sp³-hybridized carbons (Fsp3) is 0.516. The van der Waals surface area contributed by atoms with Crippen LogP contribution in [0.15, 0.2) is 48.5 Å². The molecular formula is C31H40F2N4O3. The molecule has 2 aromatic carbocycles. The summed E-state index contributed by atoms with van der Waals surface area (Å²) in [5.74, 6) is -3.17. The summed E-state index contributed by atoms with van der Waals surface area (Å²) in [7, 11) is 0. The van der Waals surface area contributed by atoms with Crippen LogP contribution in [0.25, 0.3) is 0 Å². The number of likely N-dealkylation sites (tertiary alicyclic amines) is 1. The zero-order valence-electron chi connectivity index (χ0n) is 23.5. The van der Waals surface area contributed by atoms with Gasteiger partial charge in [0.2, 0.25) is 5.91 Å². The van der Waals surface area contributed by atoms with Gasteiger partial charge in [0.1, 0.15) is 0 Å². The molecule has 2 aromatic rings. The molecule has 216 valence electrons. The fourth-order valence-corrected chi connectivity index (χ4v) is 5.39. The number of carbonyl (C=O) groups is 3. The average molecular weight is 555 g/mol. The zero-order chi connectivity index (χ0) is 28.7. The Bertz CT molecular complexity index is 1170. The van der Waals surface area contributed by atoms with Crippen LogP contribution in [0.3, 0.4) is 0 Å². The molecule has 40 heavy (non-hydrogen) atoms. The number of amides is 2. The molecule has 2 amide bonds. The number of ketones is 1. The van der Waals surface area contributed by atoms with Crippen LogP contribution in [0.5, 0.6) is 0 Å². The molecule has 7 nitrogen and oxygen atoms in total. The number of aryl methyl sites for hydroxylation is 1. The summed E-state index contributed by atoms with van der Waals surface area (Å²) in [5, 5.41) is 2.58. The summed E-state index contributed by atoms with van der Waals surface area (Å²) in [5.41, 5.74) is 2.13. The molecule has 2 aliphatic rings. The minimum atomic E-state index is -3.03. The Morgan fingerprint density at radius 2 is 1.65 bits per heavy atom. The topological polar surface area (TPSA) is 73.0 Å². The first-order valence-electron chi connectivity index (χ1n) is 14.1. The van der Waals surface area contributed by atoms with E-state index in [0.29, 0.717) is 12.8 Å². The van der Waals surface area contributed by atoms with Crippen molar-refractivity contribution in [3.8, 4) is 0 Å². The predicted octanol–water partition coefficient (Wildman–Crippen LogP) is 3.50. The van der Waals surface area contributed by atoms with Crippen LogP contribution in [0.4, 0.5) is 8.78 Å². The summed E-state index contributed by atoms with van der Waals surface area (Å²) < 4.78 is 27.1. The van der Waals surface area contributed by atoms with Crippen molar-refractivity contribution in [2.75, 3.05) is 58.9 Å². The van der Waals surface area contributed by atoms with Gasteiger partial charge in [-0.1, -0.05) is 42.0 Å². The van der Waals surface area contributed by atoms with Gasteiger partial charge >= 0.3 is 0 Å². The van der Waals surface area contributed by atoms with Crippen LogP contribution >= 0.6 is 0 Å². The number of nitrogens with one attached hydrogen (secondary N) is 1. The molecule has 9 heteroatoms. The van der Waals surface area contributed by atoms with Gasteiger partial charge in [0.25, 0.3) is 11.8 Å². The Balaban J connectivity index is 1.11. The Hall–Kier alpha value is -3.17. The van der Waals surface area contributed by atoms with Crippen LogP contribution < -0.4 is 5.32 Å². The lowest BCUT2D eigenvalue weighted by molar-refractivity contribution is -0.132. The van der Waals surface area contributed by atoms with E-state index in [1.807, 2.05) is 36.1 Å². The van der Waals surface area contributed by atoms with E-state index in [2.05, 4.69) is 15.1 Å². The minimum Gasteiger partial charge on any atom is -0.345 e. The van der Waals surface area contributed by atoms with Gasteiger partial charge in [0.05, 0.1) is 13.0 Å². The highest BCUT2D eigenvalue weighted by molar-refractivity contribution is 5.96. The van der Waals surface area contributed by atoms with Gasteiger partial charge in [-0.3, -0.25) is 19.3 Å². The van der Waals surface area contributed by atoms with E-state index in [0.717, 1.165) is 77.3 Å². The van der Waals surface area contributed by atoms with Crippen molar-refractivity contribution in [2.45, 2.75) is 39.0 Å². The number of hydrogen-bond acceptors (Lipinski definition) is 5. The van der Waals surface area contributed by atoms with Gasteiger partial charge in [0.15, 0.2) is 5.78 Å². The first-order chi connectivity index (χ1) is 19.1. The maximum atomic E-state index is 13.5. The second kappa shape index (κ2) is 13.5. The molecule has 1 atom stereocenters. The number of carbonyl (C=O) groups excluding carboxylic acids is 3. The molecule has 0 saturated carbocycles. The first-order valence-corrected chi connectivity index (χ1v) is 14.1. The molecule has 0 radical (unpaired) electrons. The fourth-order valence-electron chi connectivity index (χ4n) is 5.39. The summed E-state index contributed by atoms with van der Waals surface area (Å²) >= 11 is 0. The number of benzene rings is 2. The summed E-state index contributed by atoms with van der Waals surface area (Å²) in [6.45, 7) is 9.62. The van der Waals surface area contributed by atoms with Gasteiger partial charge in [-0.2, -0.15) is 0 Å². The Morgan fingerprint density at radius 1 is 0.950 bits per heavy atom. The highest BCUT2D eigenvalue weighted by Gasteiger charge is 2.27. The second-order valence-electron chi connectivity index (χ2n) is 11.2. The predicted molar refractivity (Wildman–Crippen MR) is 150 cm³/mol. The number of piperazine rings is 1. The smallest absolute Gasteiger partial charge is 0.270 e. The lowest BCUT2D eigenvalue weighted by Crippen LogP contribution is -2.50. The Morgan fingerprint density at radius 3 is 2.35 bits per heavy atom. The molecule has 2 aliphatic heterocycles. The van der Waals surface area contributed by atoms with Crippen molar-refractivity contribution in [1.82, 2.24) is 20.0 Å². The molecule has 0 spiro atoms. The van der Waals surface area contributed by atoms with Crippen molar-refractivity contribution in [1.29, 1.82) is 0 Å². The highest BCUT2D eigenvalue weighted by atomic mass is 19.3. The van der Waals surface area contributed by atoms with Crippen molar-refractivity contribution >= 4 is 17.6 Å². The van der Waals surface area contributed by atoms with Gasteiger partial charge in [-0.15, -0.1) is 0 Å². The van der Waals surface area contributed by atoms with Crippen LogP contribution in [-0.2, 0) is 21.9 Å². The van der Waals surface area contributed by atoms with E-state index in [4.69, 9.17) is 0 Å². The molecule has 2 fully saturated rings. The molecule has 0 aromatic heterocycles. The highest BCUT2D eigenvalue weighted by Crippen LogP contribution is 2.27. The maximum Gasteiger partial charge on any atom is 0.270 e. The van der Waals surface area contributed by atoms with Crippen molar-refractivity contribution in [3.05, 3.63) is 70.8 Å². The Labute approximate surface area is 235 Å². The molecule has 0 aliphatic carbocycles. The monoisotopic (exact) mass is 554 g/mol. The lowest BCUT2D eigenvalue weighted by Gasteiger charge is -2.35. The number of nitrogens with zero attached hydrogens (tertiary/aromatic N) is 3. The van der Waals surface area contributed by atoms with Crippen molar-refractivity contribution in [2.24, 2.45) is 5.92 Å². The van der Waals surface area contributed by atoms with Crippen LogP contribution in [0.2, 0.25) is 0 Å². The largest absolute Gasteiger partial charge is 0.345 e. The van der Waals surface area contributed by atoms with E-state index >= 15 is 0 Å². The molecule has 1 N–H and O–H groups in total. The van der Waals surface area contributed by atoms with E-state index in [1.165, 1.54) is 23.8 Å². The third kappa shape index (κ3) is 8.66. The lowest BCUT2D eigenvalue weighted by atomic mass is 10.0. The standard InChI is InChI=1S/C31H40F2N4O3/c1-23-6-8-24(9-7-23)19-29(39)37-16-14-35(15-17-37)12-13-36-11-10-25(22-36)18-28(38)21-34-30(40)26-4-3-5-27(20-26)31(2,32)33/h3-9,20,25H,10-19,21-22H2,1-2H3,(H,34,40)/t25-/m0/s1. The summed E-state index contributed by atoms with van der Waals surface area (Å²) in [6.07, 6.45) is 1.78. The van der Waals surface area contributed by atoms with Crippen molar-refractivity contribution in [3.63, 3.8) is 0 Å². The van der Waals surface area contributed by atoms with Gasteiger partial charge in [0, 0.05) is 70.3 Å². The van der Waals surface area contributed by atoms with E-state index in [9.17, 15) is 23.2 Å². The van der Waals surface area contributed by atoms with Gasteiger partial charge < -0.3 is 15.1 Å². The second-order valence-corrected chi connectivity index (χ2v) is 11.2. The van der Waals surface area contributed by atoms with Gasteiger partial charge in [-0.25, -0.2) is 8.78 Å². The summed E-state index contributed by atoms with van der Waals surface area (Å²) in [6, 6.07) is 13.5. The molecular weight excluding hydrogens is 514 g/mol. The quantitative estimate of drug-likeness (QED) is 0.461. The van der Waals surface area contributed by atoms with Crippen LogP contribution in [-0.4, -0.2) is 91.2 Å². The molecule has 0 unspecified atom stereocenters. The van der Waals surface area contributed by atoms with E-state index in [-0.39, 0.29) is 35.3 Å². The number of Topliss-reactive ketones (excluding diaryl/α,β-unsaturated/α-hetero) is 1. The number of alkyl halides is 2. The summed E-state index contributed by atoms with van der Waals surface area (Å²) in [4.78, 5) is 44.3. The maximum absolute atomic E-state index is 13.5. The molecule has 4 rings (SSSR count). The SMILES string of the molecule is Cc1ccc(CC(=O)N2CCN(CCN3CC[C@@H](CC(=O)CNC(=O)c4cccc(C(C)(F)F)c4)C3)CC2)cc1. The molecule has 2 saturated heterocycles. The molecule has 0 bridgehead atoms. The third-order valence-corrected chi connectivity index (χ3v) is 7.90.